The van der Waals surface area contributed by atoms with Crippen molar-refractivity contribution in [1.82, 2.24) is 15.1 Å². The third-order valence-electron chi connectivity index (χ3n) is 2.93. The van der Waals surface area contributed by atoms with Crippen LogP contribution in [0.2, 0.25) is 0 Å². The number of hydrogen-bond donors (Lipinski definition) is 3. The van der Waals surface area contributed by atoms with Gasteiger partial charge in [-0.05, 0) is 23.8 Å². The van der Waals surface area contributed by atoms with E-state index in [0.29, 0.717) is 5.56 Å². The maximum absolute atomic E-state index is 10.8. The molecular weight excluding hydrogens is 258 g/mol. The van der Waals surface area contributed by atoms with E-state index in [-0.39, 0.29) is 12.5 Å². The Morgan fingerprint density at radius 2 is 2.05 bits per heavy atom. The summed E-state index contributed by atoms with van der Waals surface area (Å²) in [6.07, 6.45) is 1.40. The summed E-state index contributed by atoms with van der Waals surface area (Å²) < 4.78 is 1.70. The highest BCUT2D eigenvalue weighted by Crippen LogP contribution is 2.18. The summed E-state index contributed by atoms with van der Waals surface area (Å²) in [5, 5.41) is 26.4. The largest absolute Gasteiger partial charge is 0.388 e. The molecule has 0 bridgehead atoms. The van der Waals surface area contributed by atoms with Crippen LogP contribution in [-0.4, -0.2) is 38.5 Å². The predicted octanol–water partition coefficient (Wildman–Crippen LogP) is 0.403. The lowest BCUT2D eigenvalue weighted by molar-refractivity contribution is -0.119. The molecule has 6 heteroatoms. The molecule has 3 N–H and O–H groups in total. The third kappa shape index (κ3) is 3.43. The molecule has 0 radical (unpaired) electrons. The molecule has 2 rings (SSSR count). The van der Waals surface area contributed by atoms with Crippen molar-refractivity contribution in [2.24, 2.45) is 0 Å². The first kappa shape index (κ1) is 14.2. The number of aliphatic hydroxyl groups excluding tert-OH is 2. The van der Waals surface area contributed by atoms with Gasteiger partial charge in [-0.25, -0.2) is 4.68 Å². The van der Waals surface area contributed by atoms with Crippen LogP contribution in [0.4, 0.5) is 0 Å². The second kappa shape index (κ2) is 6.31. The lowest BCUT2D eigenvalue weighted by atomic mass is 10.0. The normalized spacial score (nSPS) is 13.8. The summed E-state index contributed by atoms with van der Waals surface area (Å²) in [6.45, 7) is 1.37. The Morgan fingerprint density at radius 3 is 2.60 bits per heavy atom. The van der Waals surface area contributed by atoms with Gasteiger partial charge in [0.15, 0.2) is 0 Å². The number of nitrogens with zero attached hydrogens (tertiary/aromatic N) is 2. The number of amides is 1. The molecule has 2 aromatic rings. The number of carbonyl (C=O) groups excluding carboxylic acids is 1. The van der Waals surface area contributed by atoms with Crippen molar-refractivity contribution >= 4 is 5.91 Å². The molecule has 0 aliphatic carbocycles. The molecule has 2 unspecified atom stereocenters. The Balaban J connectivity index is 2.03. The second-order valence-electron chi connectivity index (χ2n) is 4.49. The summed E-state index contributed by atoms with van der Waals surface area (Å²) in [5.74, 6) is -0.245. The predicted molar refractivity (Wildman–Crippen MR) is 73.2 cm³/mol. The molecule has 0 fully saturated rings. The van der Waals surface area contributed by atoms with Crippen LogP contribution in [0.1, 0.15) is 18.6 Å². The summed E-state index contributed by atoms with van der Waals surface area (Å²) in [4.78, 5) is 10.8. The van der Waals surface area contributed by atoms with E-state index in [1.807, 2.05) is 12.3 Å². The number of carbonyl (C=O) groups is 1. The highest BCUT2D eigenvalue weighted by atomic mass is 16.3. The zero-order valence-corrected chi connectivity index (χ0v) is 11.1. The van der Waals surface area contributed by atoms with Crippen LogP contribution in [0.15, 0.2) is 42.7 Å². The van der Waals surface area contributed by atoms with Gasteiger partial charge < -0.3 is 15.5 Å². The van der Waals surface area contributed by atoms with Gasteiger partial charge in [0.05, 0.1) is 5.69 Å². The molecule has 1 aromatic carbocycles. The third-order valence-corrected chi connectivity index (χ3v) is 2.93. The molecule has 20 heavy (non-hydrogen) atoms. The number of aromatic nitrogens is 2. The lowest BCUT2D eigenvalue weighted by Gasteiger charge is -2.18. The van der Waals surface area contributed by atoms with Crippen LogP contribution >= 0.6 is 0 Å². The van der Waals surface area contributed by atoms with Crippen LogP contribution in [0.25, 0.3) is 5.69 Å². The molecule has 6 nitrogen and oxygen atoms in total. The number of nitrogens with one attached hydrogen (secondary N) is 1. The summed E-state index contributed by atoms with van der Waals surface area (Å²) >= 11 is 0. The first-order valence-corrected chi connectivity index (χ1v) is 6.28. The van der Waals surface area contributed by atoms with Crippen LogP contribution in [0, 0.1) is 0 Å². The summed E-state index contributed by atoms with van der Waals surface area (Å²) in [5.41, 5.74) is 1.45. The van der Waals surface area contributed by atoms with Gasteiger partial charge in [0.2, 0.25) is 5.91 Å². The van der Waals surface area contributed by atoms with Gasteiger partial charge >= 0.3 is 0 Å². The second-order valence-corrected chi connectivity index (χ2v) is 4.49. The fourth-order valence-electron chi connectivity index (χ4n) is 1.83. The minimum atomic E-state index is -1.05. The minimum Gasteiger partial charge on any atom is -0.388 e. The molecule has 0 spiro atoms. The first-order chi connectivity index (χ1) is 9.58. The van der Waals surface area contributed by atoms with E-state index < -0.39 is 12.2 Å². The smallest absolute Gasteiger partial charge is 0.216 e. The van der Waals surface area contributed by atoms with Crippen molar-refractivity contribution in [3.63, 3.8) is 0 Å². The topological polar surface area (TPSA) is 87.4 Å². The van der Waals surface area contributed by atoms with Gasteiger partial charge in [-0.1, -0.05) is 12.1 Å². The number of aliphatic hydroxyl groups is 2. The van der Waals surface area contributed by atoms with Crippen LogP contribution in [-0.2, 0) is 4.79 Å². The Bertz CT molecular complexity index is 552. The van der Waals surface area contributed by atoms with Crippen LogP contribution < -0.4 is 5.32 Å². The quantitative estimate of drug-likeness (QED) is 0.737. The van der Waals surface area contributed by atoms with E-state index >= 15 is 0 Å². The fraction of sp³-hybridized carbons (Fsp3) is 0.286. The van der Waals surface area contributed by atoms with Gasteiger partial charge in [-0.15, -0.1) is 0 Å². The first-order valence-electron chi connectivity index (χ1n) is 6.28. The van der Waals surface area contributed by atoms with Crippen molar-refractivity contribution in [1.29, 1.82) is 0 Å². The van der Waals surface area contributed by atoms with E-state index in [0.717, 1.165) is 5.69 Å². The zero-order chi connectivity index (χ0) is 14.5. The minimum absolute atomic E-state index is 0.0113. The van der Waals surface area contributed by atoms with Crippen LogP contribution in [0.3, 0.4) is 0 Å². The summed E-state index contributed by atoms with van der Waals surface area (Å²) in [6, 6.07) is 8.87. The zero-order valence-electron chi connectivity index (χ0n) is 11.1. The maximum atomic E-state index is 10.8. The Morgan fingerprint density at radius 1 is 1.35 bits per heavy atom. The van der Waals surface area contributed by atoms with Gasteiger partial charge in [0.1, 0.15) is 12.2 Å². The molecular formula is C14H17N3O3. The molecule has 0 aliphatic heterocycles. The van der Waals surface area contributed by atoms with Gasteiger partial charge in [-0.3, -0.25) is 4.79 Å². The van der Waals surface area contributed by atoms with Crippen molar-refractivity contribution in [3.05, 3.63) is 48.3 Å². The summed E-state index contributed by atoms with van der Waals surface area (Å²) in [7, 11) is 0. The molecule has 1 heterocycles. The molecule has 0 saturated heterocycles. The van der Waals surface area contributed by atoms with Crippen molar-refractivity contribution in [3.8, 4) is 5.69 Å². The number of hydrogen-bond acceptors (Lipinski definition) is 4. The molecule has 2 atom stereocenters. The van der Waals surface area contributed by atoms with E-state index in [2.05, 4.69) is 10.4 Å². The highest BCUT2D eigenvalue weighted by molar-refractivity contribution is 5.72. The Kier molecular flexibility index (Phi) is 4.49. The average Bonchev–Trinajstić information content (AvgIpc) is 2.98. The fourth-order valence-corrected chi connectivity index (χ4v) is 1.83. The van der Waals surface area contributed by atoms with Gasteiger partial charge in [-0.2, -0.15) is 5.10 Å². The number of benzene rings is 1. The van der Waals surface area contributed by atoms with E-state index in [1.54, 1.807) is 35.1 Å². The molecule has 1 aromatic heterocycles. The Labute approximate surface area is 116 Å². The van der Waals surface area contributed by atoms with E-state index in [9.17, 15) is 15.0 Å². The standard InChI is InChI=1S/C14H17N3O3/c1-10(18)15-9-13(19)14(20)11-3-5-12(6-4-11)17-8-2-7-16-17/h2-8,13-14,19-20H,9H2,1H3,(H,15,18). The van der Waals surface area contributed by atoms with Crippen molar-refractivity contribution in [2.75, 3.05) is 6.54 Å². The molecule has 106 valence electrons. The van der Waals surface area contributed by atoms with Crippen molar-refractivity contribution in [2.45, 2.75) is 19.1 Å². The lowest BCUT2D eigenvalue weighted by Crippen LogP contribution is -2.34. The van der Waals surface area contributed by atoms with E-state index in [4.69, 9.17) is 0 Å². The number of rotatable bonds is 5. The molecule has 0 aliphatic rings. The average molecular weight is 275 g/mol. The molecule has 0 saturated carbocycles. The highest BCUT2D eigenvalue weighted by Gasteiger charge is 2.18. The van der Waals surface area contributed by atoms with Gasteiger partial charge in [0.25, 0.3) is 0 Å². The Hall–Kier alpha value is -2.18. The van der Waals surface area contributed by atoms with Crippen molar-refractivity contribution < 1.29 is 15.0 Å². The SMILES string of the molecule is CC(=O)NCC(O)C(O)c1ccc(-n2cccn2)cc1. The molecule has 1 amide bonds. The monoisotopic (exact) mass is 275 g/mol. The maximum Gasteiger partial charge on any atom is 0.216 e. The van der Waals surface area contributed by atoms with E-state index in [1.165, 1.54) is 6.92 Å². The van der Waals surface area contributed by atoms with Gasteiger partial charge in [0, 0.05) is 25.9 Å². The van der Waals surface area contributed by atoms with Crippen LogP contribution in [0.5, 0.6) is 0 Å².